The molecule has 0 aliphatic heterocycles. The first-order valence-corrected chi connectivity index (χ1v) is 7.71. The Morgan fingerprint density at radius 1 is 1.14 bits per heavy atom. The van der Waals surface area contributed by atoms with Gasteiger partial charge in [0.25, 0.3) is 0 Å². The fourth-order valence-electron chi connectivity index (χ4n) is 2.54. The zero-order chi connectivity index (χ0) is 15.7. The van der Waals surface area contributed by atoms with Crippen LogP contribution in [-0.2, 0) is 9.47 Å². The van der Waals surface area contributed by atoms with Gasteiger partial charge in [0.05, 0.1) is 12.6 Å². The second-order valence-corrected chi connectivity index (χ2v) is 5.61. The molecule has 1 aromatic carbocycles. The van der Waals surface area contributed by atoms with Crippen LogP contribution in [0.15, 0.2) is 24.3 Å². The molecule has 0 aromatic heterocycles. The van der Waals surface area contributed by atoms with E-state index in [9.17, 15) is 0 Å². The first-order valence-electron chi connectivity index (χ1n) is 7.33. The Kier molecular flexibility index (Phi) is 8.88. The zero-order valence-corrected chi connectivity index (χ0v) is 14.0. The minimum Gasteiger partial charge on any atom is -0.385 e. The summed E-state index contributed by atoms with van der Waals surface area (Å²) in [7, 11) is 3.43. The van der Waals surface area contributed by atoms with Gasteiger partial charge in [0.1, 0.15) is 0 Å². The van der Waals surface area contributed by atoms with Gasteiger partial charge in [0.2, 0.25) is 0 Å². The summed E-state index contributed by atoms with van der Waals surface area (Å²) in [5.41, 5.74) is 7.31. The number of methoxy groups -OCH3 is 2. The Morgan fingerprint density at radius 3 is 2.38 bits per heavy atom. The number of hydrogen-bond acceptors (Lipinski definition) is 4. The van der Waals surface area contributed by atoms with E-state index in [1.54, 1.807) is 14.2 Å². The van der Waals surface area contributed by atoms with Crippen molar-refractivity contribution in [2.24, 2.45) is 5.73 Å². The number of rotatable bonds is 10. The third-order valence-electron chi connectivity index (χ3n) is 3.49. The molecule has 2 unspecified atom stereocenters. The number of ether oxygens (including phenoxy) is 2. The lowest BCUT2D eigenvalue weighted by molar-refractivity contribution is 0.0981. The Hall–Kier alpha value is -0.650. The molecular formula is C16H27ClN2O2. The van der Waals surface area contributed by atoms with Gasteiger partial charge in [-0.1, -0.05) is 29.8 Å². The molecule has 21 heavy (non-hydrogen) atoms. The maximum atomic E-state index is 6.36. The van der Waals surface area contributed by atoms with Crippen molar-refractivity contribution in [2.75, 3.05) is 40.5 Å². The average molecular weight is 315 g/mol. The third kappa shape index (κ3) is 5.93. The van der Waals surface area contributed by atoms with Crippen LogP contribution in [0, 0.1) is 0 Å². The van der Waals surface area contributed by atoms with Crippen molar-refractivity contribution in [2.45, 2.75) is 25.4 Å². The molecule has 0 bridgehead atoms. The van der Waals surface area contributed by atoms with E-state index in [0.717, 1.165) is 36.7 Å². The molecular weight excluding hydrogens is 288 g/mol. The lowest BCUT2D eigenvalue weighted by Crippen LogP contribution is -2.42. The molecule has 0 aliphatic rings. The Morgan fingerprint density at radius 2 is 1.81 bits per heavy atom. The van der Waals surface area contributed by atoms with Gasteiger partial charge in [-0.2, -0.15) is 0 Å². The Labute approximate surface area is 133 Å². The molecule has 1 aromatic rings. The van der Waals surface area contributed by atoms with Crippen LogP contribution < -0.4 is 5.73 Å². The van der Waals surface area contributed by atoms with Gasteiger partial charge in [-0.25, -0.2) is 0 Å². The summed E-state index contributed by atoms with van der Waals surface area (Å²) in [6.07, 6.45) is 0.952. The second kappa shape index (κ2) is 10.1. The van der Waals surface area contributed by atoms with E-state index in [-0.39, 0.29) is 12.1 Å². The van der Waals surface area contributed by atoms with E-state index >= 15 is 0 Å². The quantitative estimate of drug-likeness (QED) is 0.675. The molecule has 2 N–H and O–H groups in total. The number of benzene rings is 1. The van der Waals surface area contributed by atoms with Crippen molar-refractivity contribution in [1.29, 1.82) is 0 Å². The van der Waals surface area contributed by atoms with Crippen molar-refractivity contribution < 1.29 is 9.47 Å². The van der Waals surface area contributed by atoms with Gasteiger partial charge < -0.3 is 15.2 Å². The third-order valence-corrected chi connectivity index (χ3v) is 3.84. The first-order chi connectivity index (χ1) is 10.1. The lowest BCUT2D eigenvalue weighted by Gasteiger charge is -2.35. The average Bonchev–Trinajstić information content (AvgIpc) is 2.46. The van der Waals surface area contributed by atoms with Crippen LogP contribution in [0.1, 0.15) is 24.9 Å². The van der Waals surface area contributed by atoms with E-state index in [1.807, 2.05) is 31.2 Å². The summed E-state index contributed by atoms with van der Waals surface area (Å²) in [6.45, 7) is 5.13. The first kappa shape index (κ1) is 18.4. The maximum absolute atomic E-state index is 6.36. The minimum absolute atomic E-state index is 0.0238. The molecule has 0 spiro atoms. The maximum Gasteiger partial charge on any atom is 0.0589 e. The predicted molar refractivity (Wildman–Crippen MR) is 87.8 cm³/mol. The molecule has 0 saturated carbocycles. The normalized spacial score (nSPS) is 14.4. The molecule has 0 heterocycles. The fourth-order valence-corrected chi connectivity index (χ4v) is 2.79. The van der Waals surface area contributed by atoms with Crippen LogP contribution in [0.4, 0.5) is 0 Å². The zero-order valence-electron chi connectivity index (χ0n) is 13.2. The summed E-state index contributed by atoms with van der Waals surface area (Å²) >= 11 is 6.36. The highest BCUT2D eigenvalue weighted by atomic mass is 35.5. The molecule has 2 atom stereocenters. The van der Waals surface area contributed by atoms with Gasteiger partial charge >= 0.3 is 0 Å². The minimum atomic E-state index is -0.0238. The van der Waals surface area contributed by atoms with Crippen LogP contribution in [0.2, 0.25) is 5.02 Å². The van der Waals surface area contributed by atoms with Crippen LogP contribution in [0.3, 0.4) is 0 Å². The fraction of sp³-hybridized carbons (Fsp3) is 0.625. The molecule has 0 aliphatic carbocycles. The van der Waals surface area contributed by atoms with E-state index in [1.165, 1.54) is 0 Å². The summed E-state index contributed by atoms with van der Waals surface area (Å²) in [6, 6.07) is 7.95. The van der Waals surface area contributed by atoms with Crippen LogP contribution in [-0.4, -0.2) is 51.5 Å². The van der Waals surface area contributed by atoms with E-state index in [0.29, 0.717) is 6.61 Å². The van der Waals surface area contributed by atoms with Crippen LogP contribution >= 0.6 is 11.6 Å². The topological polar surface area (TPSA) is 47.7 Å². The van der Waals surface area contributed by atoms with E-state index < -0.39 is 0 Å². The lowest BCUT2D eigenvalue weighted by atomic mass is 9.98. The number of nitrogens with two attached hydrogens (primary N) is 1. The summed E-state index contributed by atoms with van der Waals surface area (Å²) in [5.74, 6) is 0. The predicted octanol–water partition coefficient (Wildman–Crippen LogP) is 2.71. The number of hydrogen-bond donors (Lipinski definition) is 1. The van der Waals surface area contributed by atoms with Crippen molar-refractivity contribution >= 4 is 11.6 Å². The molecule has 1 rings (SSSR count). The van der Waals surface area contributed by atoms with Gasteiger partial charge in [0, 0.05) is 45.0 Å². The molecule has 4 nitrogen and oxygen atoms in total. The highest BCUT2D eigenvalue weighted by Gasteiger charge is 2.25. The highest BCUT2D eigenvalue weighted by Crippen LogP contribution is 2.29. The largest absolute Gasteiger partial charge is 0.385 e. The SMILES string of the molecule is COCCCN(CCOC)C(c1ccccc1Cl)C(C)N. The molecule has 5 heteroatoms. The van der Waals surface area contributed by atoms with Gasteiger partial charge in [-0.05, 0) is 25.0 Å². The van der Waals surface area contributed by atoms with Gasteiger partial charge in [0.15, 0.2) is 0 Å². The van der Waals surface area contributed by atoms with Gasteiger partial charge in [-0.3, -0.25) is 4.90 Å². The Balaban J connectivity index is 2.93. The monoisotopic (exact) mass is 314 g/mol. The number of nitrogens with zero attached hydrogens (tertiary/aromatic N) is 1. The highest BCUT2D eigenvalue weighted by molar-refractivity contribution is 6.31. The molecule has 0 saturated heterocycles. The molecule has 120 valence electrons. The Bertz CT molecular complexity index is 402. The summed E-state index contributed by atoms with van der Waals surface area (Å²) < 4.78 is 10.4. The van der Waals surface area contributed by atoms with Crippen LogP contribution in [0.25, 0.3) is 0 Å². The number of halogens is 1. The smallest absolute Gasteiger partial charge is 0.0589 e. The van der Waals surface area contributed by atoms with Crippen molar-refractivity contribution in [3.63, 3.8) is 0 Å². The van der Waals surface area contributed by atoms with Crippen molar-refractivity contribution in [3.8, 4) is 0 Å². The van der Waals surface area contributed by atoms with Crippen LogP contribution in [0.5, 0.6) is 0 Å². The molecule has 0 radical (unpaired) electrons. The standard InChI is InChI=1S/C16H27ClN2O2/c1-13(18)16(14-7-4-5-8-15(14)17)19(10-12-21-3)9-6-11-20-2/h4-5,7-8,13,16H,6,9-12,18H2,1-3H3. The van der Waals surface area contributed by atoms with Gasteiger partial charge in [-0.15, -0.1) is 0 Å². The summed E-state index contributed by atoms with van der Waals surface area (Å²) in [4.78, 5) is 2.33. The molecule has 0 amide bonds. The van der Waals surface area contributed by atoms with E-state index in [2.05, 4.69) is 4.90 Å². The van der Waals surface area contributed by atoms with Crippen molar-refractivity contribution in [3.05, 3.63) is 34.9 Å². The second-order valence-electron chi connectivity index (χ2n) is 5.20. The van der Waals surface area contributed by atoms with Crippen molar-refractivity contribution in [1.82, 2.24) is 4.90 Å². The van der Waals surface area contributed by atoms with E-state index in [4.69, 9.17) is 26.8 Å². The summed E-state index contributed by atoms with van der Waals surface area (Å²) in [5, 5.41) is 0.758. The molecule has 0 fully saturated rings.